The van der Waals surface area contributed by atoms with Crippen molar-refractivity contribution < 1.29 is 4.79 Å². The standard InChI is InChI=1S/C23H24N4O/c1-16-7-5-8-18(13-16)15-24-22-14-20(25-17(2)26-22)23(28)27-12-6-10-19-9-3-4-11-21(19)27/h3-5,7-9,11,13-14H,6,10,12,15H2,1-2H3,(H,24,25,26). The molecule has 0 aliphatic carbocycles. The Hall–Kier alpha value is -3.21. The second-order valence-electron chi connectivity index (χ2n) is 7.22. The largest absolute Gasteiger partial charge is 0.366 e. The Kier molecular flexibility index (Phi) is 5.06. The molecule has 0 saturated carbocycles. The fourth-order valence-corrected chi connectivity index (χ4v) is 3.67. The zero-order valence-corrected chi connectivity index (χ0v) is 16.3. The number of anilines is 2. The summed E-state index contributed by atoms with van der Waals surface area (Å²) in [5.41, 5.74) is 5.03. The minimum atomic E-state index is -0.0729. The lowest BCUT2D eigenvalue weighted by molar-refractivity contribution is 0.0980. The molecule has 1 aliphatic rings. The number of hydrogen-bond donors (Lipinski definition) is 1. The Labute approximate surface area is 165 Å². The first-order valence-corrected chi connectivity index (χ1v) is 9.65. The van der Waals surface area contributed by atoms with E-state index < -0.39 is 0 Å². The van der Waals surface area contributed by atoms with Crippen LogP contribution in [-0.2, 0) is 13.0 Å². The van der Waals surface area contributed by atoms with Crippen LogP contribution in [-0.4, -0.2) is 22.4 Å². The first-order valence-electron chi connectivity index (χ1n) is 9.65. The van der Waals surface area contributed by atoms with Crippen LogP contribution in [0.15, 0.2) is 54.6 Å². The second kappa shape index (κ2) is 7.80. The van der Waals surface area contributed by atoms with Gasteiger partial charge in [0.1, 0.15) is 17.3 Å². The Bertz CT molecular complexity index is 1010. The molecular weight excluding hydrogens is 348 g/mol. The highest BCUT2D eigenvalue weighted by Gasteiger charge is 2.24. The molecule has 142 valence electrons. The number of aryl methyl sites for hydroxylation is 3. The molecule has 5 nitrogen and oxygen atoms in total. The Morgan fingerprint density at radius 2 is 1.93 bits per heavy atom. The average molecular weight is 372 g/mol. The zero-order chi connectivity index (χ0) is 19.5. The van der Waals surface area contributed by atoms with Gasteiger partial charge in [-0.3, -0.25) is 4.79 Å². The topological polar surface area (TPSA) is 58.1 Å². The van der Waals surface area contributed by atoms with Crippen LogP contribution < -0.4 is 10.2 Å². The van der Waals surface area contributed by atoms with Crippen molar-refractivity contribution in [1.29, 1.82) is 0 Å². The lowest BCUT2D eigenvalue weighted by Gasteiger charge is -2.29. The number of nitrogens with zero attached hydrogens (tertiary/aromatic N) is 3. The minimum absolute atomic E-state index is 0.0729. The number of hydrogen-bond acceptors (Lipinski definition) is 4. The van der Waals surface area contributed by atoms with Crippen LogP contribution in [0.25, 0.3) is 0 Å². The molecule has 1 N–H and O–H groups in total. The summed E-state index contributed by atoms with van der Waals surface area (Å²) in [5.74, 6) is 1.18. The van der Waals surface area contributed by atoms with Gasteiger partial charge in [0.2, 0.25) is 0 Å². The van der Waals surface area contributed by atoms with E-state index in [9.17, 15) is 4.79 Å². The van der Waals surface area contributed by atoms with Gasteiger partial charge in [-0.2, -0.15) is 0 Å². The predicted molar refractivity (Wildman–Crippen MR) is 112 cm³/mol. The highest BCUT2D eigenvalue weighted by molar-refractivity contribution is 6.05. The first kappa shape index (κ1) is 18.2. The van der Waals surface area contributed by atoms with E-state index in [4.69, 9.17) is 0 Å². The van der Waals surface area contributed by atoms with Crippen LogP contribution in [0.5, 0.6) is 0 Å². The van der Waals surface area contributed by atoms with Gasteiger partial charge in [-0.05, 0) is 43.9 Å². The molecular formula is C23H24N4O. The Morgan fingerprint density at radius 1 is 1.07 bits per heavy atom. The van der Waals surface area contributed by atoms with E-state index in [0.717, 1.165) is 18.5 Å². The number of fused-ring (bicyclic) bond motifs is 1. The van der Waals surface area contributed by atoms with Crippen molar-refractivity contribution in [2.75, 3.05) is 16.8 Å². The van der Waals surface area contributed by atoms with Gasteiger partial charge >= 0.3 is 0 Å². The molecule has 2 aromatic carbocycles. The molecule has 1 amide bonds. The van der Waals surface area contributed by atoms with Crippen LogP contribution in [0.2, 0.25) is 0 Å². The summed E-state index contributed by atoms with van der Waals surface area (Å²) in [7, 11) is 0. The lowest BCUT2D eigenvalue weighted by Crippen LogP contribution is -2.36. The molecule has 3 aromatic rings. The van der Waals surface area contributed by atoms with E-state index in [1.165, 1.54) is 16.7 Å². The van der Waals surface area contributed by atoms with Crippen LogP contribution >= 0.6 is 0 Å². The van der Waals surface area contributed by atoms with E-state index in [2.05, 4.69) is 46.5 Å². The maximum Gasteiger partial charge on any atom is 0.277 e. The highest BCUT2D eigenvalue weighted by Crippen LogP contribution is 2.28. The number of carbonyl (C=O) groups excluding carboxylic acids is 1. The van der Waals surface area contributed by atoms with Crippen LogP contribution in [0.1, 0.15) is 39.4 Å². The third-order valence-corrected chi connectivity index (χ3v) is 4.97. The van der Waals surface area contributed by atoms with Crippen molar-refractivity contribution in [1.82, 2.24) is 9.97 Å². The number of rotatable bonds is 4. The molecule has 5 heteroatoms. The van der Waals surface area contributed by atoms with E-state index in [0.29, 0.717) is 30.4 Å². The van der Waals surface area contributed by atoms with Crippen molar-refractivity contribution in [3.63, 3.8) is 0 Å². The van der Waals surface area contributed by atoms with Gasteiger partial charge in [0.05, 0.1) is 0 Å². The average Bonchev–Trinajstić information content (AvgIpc) is 2.71. The van der Waals surface area contributed by atoms with Crippen LogP contribution in [0, 0.1) is 13.8 Å². The summed E-state index contributed by atoms with van der Waals surface area (Å²) in [4.78, 5) is 23.9. The number of para-hydroxylation sites is 1. The quantitative estimate of drug-likeness (QED) is 0.742. The fourth-order valence-electron chi connectivity index (χ4n) is 3.67. The molecule has 0 saturated heterocycles. The summed E-state index contributed by atoms with van der Waals surface area (Å²) in [6, 6.07) is 18.2. The minimum Gasteiger partial charge on any atom is -0.366 e. The summed E-state index contributed by atoms with van der Waals surface area (Å²) >= 11 is 0. The van der Waals surface area contributed by atoms with Crippen molar-refractivity contribution in [2.45, 2.75) is 33.2 Å². The predicted octanol–water partition coefficient (Wildman–Crippen LogP) is 4.30. The molecule has 4 rings (SSSR count). The van der Waals surface area contributed by atoms with Crippen molar-refractivity contribution in [3.05, 3.63) is 82.8 Å². The molecule has 1 aromatic heterocycles. The lowest BCUT2D eigenvalue weighted by atomic mass is 10.0. The van der Waals surface area contributed by atoms with Gasteiger partial charge in [-0.15, -0.1) is 0 Å². The SMILES string of the molecule is Cc1cccc(CNc2cc(C(=O)N3CCCc4ccccc43)nc(C)n2)c1. The molecule has 0 fully saturated rings. The van der Waals surface area contributed by atoms with Gasteiger partial charge in [0.25, 0.3) is 5.91 Å². The van der Waals surface area contributed by atoms with Gasteiger partial charge in [0.15, 0.2) is 0 Å². The molecule has 1 aliphatic heterocycles. The maximum absolute atomic E-state index is 13.2. The zero-order valence-electron chi connectivity index (χ0n) is 16.3. The maximum atomic E-state index is 13.2. The molecule has 28 heavy (non-hydrogen) atoms. The van der Waals surface area contributed by atoms with E-state index in [1.54, 1.807) is 6.07 Å². The molecule has 0 radical (unpaired) electrons. The normalized spacial score (nSPS) is 13.1. The molecule has 2 heterocycles. The highest BCUT2D eigenvalue weighted by atomic mass is 16.2. The Morgan fingerprint density at radius 3 is 2.79 bits per heavy atom. The smallest absolute Gasteiger partial charge is 0.277 e. The summed E-state index contributed by atoms with van der Waals surface area (Å²) in [5, 5.41) is 3.32. The van der Waals surface area contributed by atoms with E-state index in [-0.39, 0.29) is 5.91 Å². The number of amides is 1. The second-order valence-corrected chi connectivity index (χ2v) is 7.22. The van der Waals surface area contributed by atoms with Crippen molar-refractivity contribution in [3.8, 4) is 0 Å². The molecule has 0 spiro atoms. The van der Waals surface area contributed by atoms with E-state index in [1.807, 2.05) is 36.1 Å². The monoisotopic (exact) mass is 372 g/mol. The summed E-state index contributed by atoms with van der Waals surface area (Å²) in [6.45, 7) is 5.26. The fraction of sp³-hybridized carbons (Fsp3) is 0.261. The van der Waals surface area contributed by atoms with Gasteiger partial charge in [-0.25, -0.2) is 9.97 Å². The van der Waals surface area contributed by atoms with Crippen LogP contribution in [0.4, 0.5) is 11.5 Å². The summed E-state index contributed by atoms with van der Waals surface area (Å²) in [6.07, 6.45) is 1.97. The van der Waals surface area contributed by atoms with Gasteiger partial charge in [0, 0.05) is 24.8 Å². The van der Waals surface area contributed by atoms with Crippen molar-refractivity contribution in [2.24, 2.45) is 0 Å². The number of carbonyl (C=O) groups is 1. The third kappa shape index (κ3) is 3.88. The molecule has 0 unspecified atom stereocenters. The number of nitrogens with one attached hydrogen (secondary N) is 1. The first-order chi connectivity index (χ1) is 13.6. The molecule has 0 atom stereocenters. The molecule has 0 bridgehead atoms. The number of aromatic nitrogens is 2. The van der Waals surface area contributed by atoms with E-state index >= 15 is 0 Å². The van der Waals surface area contributed by atoms with Gasteiger partial charge < -0.3 is 10.2 Å². The Balaban J connectivity index is 1.56. The summed E-state index contributed by atoms with van der Waals surface area (Å²) < 4.78 is 0. The third-order valence-electron chi connectivity index (χ3n) is 4.97. The van der Waals surface area contributed by atoms with Gasteiger partial charge in [-0.1, -0.05) is 48.0 Å². The van der Waals surface area contributed by atoms with Crippen molar-refractivity contribution >= 4 is 17.4 Å². The van der Waals surface area contributed by atoms with Crippen LogP contribution in [0.3, 0.4) is 0 Å². The number of benzene rings is 2.